The molecule has 1 aromatic carbocycles. The van der Waals surface area contributed by atoms with E-state index in [0.717, 1.165) is 6.54 Å². The SMILES string of the molecule is CC1(CNc2cc(S(N)(=O)=O)ccc2N)CCCC1. The van der Waals surface area contributed by atoms with Gasteiger partial charge >= 0.3 is 0 Å². The van der Waals surface area contributed by atoms with Crippen LogP contribution in [0, 0.1) is 5.41 Å². The van der Waals surface area contributed by atoms with E-state index in [2.05, 4.69) is 12.2 Å². The Hall–Kier alpha value is -1.27. The largest absolute Gasteiger partial charge is 0.397 e. The van der Waals surface area contributed by atoms with Gasteiger partial charge in [-0.05, 0) is 36.5 Å². The predicted molar refractivity (Wildman–Crippen MR) is 77.3 cm³/mol. The van der Waals surface area contributed by atoms with Crippen LogP contribution in [0.3, 0.4) is 0 Å². The van der Waals surface area contributed by atoms with Crippen LogP contribution in [0.5, 0.6) is 0 Å². The van der Waals surface area contributed by atoms with Gasteiger partial charge in [0.1, 0.15) is 0 Å². The Labute approximate surface area is 114 Å². The molecule has 1 aliphatic carbocycles. The van der Waals surface area contributed by atoms with Crippen molar-refractivity contribution in [3.8, 4) is 0 Å². The molecular weight excluding hydrogens is 262 g/mol. The van der Waals surface area contributed by atoms with Crippen molar-refractivity contribution >= 4 is 21.4 Å². The van der Waals surface area contributed by atoms with Gasteiger partial charge in [0.15, 0.2) is 0 Å². The monoisotopic (exact) mass is 283 g/mol. The van der Waals surface area contributed by atoms with E-state index in [9.17, 15) is 8.42 Å². The fourth-order valence-electron chi connectivity index (χ4n) is 2.58. The number of hydrogen-bond donors (Lipinski definition) is 3. The Bertz CT molecular complexity index is 563. The summed E-state index contributed by atoms with van der Waals surface area (Å²) in [6.45, 7) is 3.04. The van der Waals surface area contributed by atoms with Crippen molar-refractivity contribution in [2.75, 3.05) is 17.6 Å². The summed E-state index contributed by atoms with van der Waals surface area (Å²) in [5.74, 6) is 0. The minimum absolute atomic E-state index is 0.0841. The van der Waals surface area contributed by atoms with Crippen LogP contribution in [0.25, 0.3) is 0 Å². The quantitative estimate of drug-likeness (QED) is 0.735. The molecule has 6 heteroatoms. The number of nitrogens with one attached hydrogen (secondary N) is 1. The number of rotatable bonds is 4. The molecule has 0 amide bonds. The van der Waals surface area contributed by atoms with Crippen LogP contribution < -0.4 is 16.2 Å². The smallest absolute Gasteiger partial charge is 0.238 e. The number of nitrogen functional groups attached to an aromatic ring is 1. The zero-order chi connectivity index (χ0) is 14.1. The summed E-state index contributed by atoms with van der Waals surface area (Å²) >= 11 is 0. The topological polar surface area (TPSA) is 98.2 Å². The molecule has 1 saturated carbocycles. The second-order valence-electron chi connectivity index (χ2n) is 5.67. The highest BCUT2D eigenvalue weighted by Gasteiger charge is 2.28. The van der Waals surface area contributed by atoms with E-state index in [0.29, 0.717) is 11.4 Å². The summed E-state index contributed by atoms with van der Waals surface area (Å²) < 4.78 is 22.7. The number of hydrogen-bond acceptors (Lipinski definition) is 4. The Kier molecular flexibility index (Phi) is 3.73. The molecular formula is C13H21N3O2S. The van der Waals surface area contributed by atoms with Crippen LogP contribution >= 0.6 is 0 Å². The van der Waals surface area contributed by atoms with Crippen LogP contribution in [-0.4, -0.2) is 15.0 Å². The second-order valence-corrected chi connectivity index (χ2v) is 7.23. The predicted octanol–water partition coefficient (Wildman–Crippen LogP) is 1.91. The van der Waals surface area contributed by atoms with E-state index < -0.39 is 10.0 Å². The third-order valence-electron chi connectivity index (χ3n) is 3.87. The Morgan fingerprint density at radius 2 is 1.95 bits per heavy atom. The maximum Gasteiger partial charge on any atom is 0.238 e. The van der Waals surface area contributed by atoms with Gasteiger partial charge in [0.05, 0.1) is 16.3 Å². The van der Waals surface area contributed by atoms with Gasteiger partial charge in [-0.3, -0.25) is 0 Å². The van der Waals surface area contributed by atoms with Crippen molar-refractivity contribution in [2.24, 2.45) is 10.6 Å². The lowest BCUT2D eigenvalue weighted by Gasteiger charge is -2.25. The normalized spacial score (nSPS) is 18.4. The lowest BCUT2D eigenvalue weighted by atomic mass is 9.89. The van der Waals surface area contributed by atoms with Crippen molar-refractivity contribution < 1.29 is 8.42 Å². The summed E-state index contributed by atoms with van der Waals surface area (Å²) in [6.07, 6.45) is 4.89. The fourth-order valence-corrected chi connectivity index (χ4v) is 3.12. The molecule has 0 saturated heterocycles. The van der Waals surface area contributed by atoms with Crippen molar-refractivity contribution in [3.05, 3.63) is 18.2 Å². The minimum Gasteiger partial charge on any atom is -0.397 e. The Balaban J connectivity index is 2.15. The van der Waals surface area contributed by atoms with E-state index in [1.54, 1.807) is 6.07 Å². The zero-order valence-electron chi connectivity index (χ0n) is 11.1. The molecule has 0 aromatic heterocycles. The highest BCUT2D eigenvalue weighted by atomic mass is 32.2. The maximum absolute atomic E-state index is 11.3. The molecule has 1 aliphatic rings. The van der Waals surface area contributed by atoms with Gasteiger partial charge in [-0.1, -0.05) is 19.8 Å². The van der Waals surface area contributed by atoms with Crippen LogP contribution in [-0.2, 0) is 10.0 Å². The Morgan fingerprint density at radius 1 is 1.32 bits per heavy atom. The fraction of sp³-hybridized carbons (Fsp3) is 0.538. The van der Waals surface area contributed by atoms with E-state index in [4.69, 9.17) is 10.9 Å². The summed E-state index contributed by atoms with van der Waals surface area (Å²) in [4.78, 5) is 0.0841. The standard InChI is InChI=1S/C13H21N3O2S/c1-13(6-2-3-7-13)9-16-12-8-10(19(15,17)18)4-5-11(12)14/h4-5,8,16H,2-3,6-7,9,14H2,1H3,(H2,15,17,18). The molecule has 0 radical (unpaired) electrons. The molecule has 0 unspecified atom stereocenters. The first kappa shape index (κ1) is 14.1. The van der Waals surface area contributed by atoms with E-state index >= 15 is 0 Å². The molecule has 0 heterocycles. The van der Waals surface area contributed by atoms with Gasteiger partial charge in [-0.2, -0.15) is 0 Å². The average molecular weight is 283 g/mol. The molecule has 106 valence electrons. The number of primary sulfonamides is 1. The first-order valence-electron chi connectivity index (χ1n) is 6.46. The Morgan fingerprint density at radius 3 is 2.53 bits per heavy atom. The lowest BCUT2D eigenvalue weighted by molar-refractivity contribution is 0.362. The molecule has 1 aromatic rings. The molecule has 2 rings (SSSR count). The number of sulfonamides is 1. The number of anilines is 2. The van der Waals surface area contributed by atoms with E-state index in [1.807, 2.05) is 0 Å². The van der Waals surface area contributed by atoms with Crippen LogP contribution in [0.1, 0.15) is 32.6 Å². The third kappa shape index (κ3) is 3.39. The third-order valence-corrected chi connectivity index (χ3v) is 4.78. The van der Waals surface area contributed by atoms with Gasteiger partial charge in [0, 0.05) is 6.54 Å². The summed E-state index contributed by atoms with van der Waals surface area (Å²) in [5.41, 5.74) is 7.31. The summed E-state index contributed by atoms with van der Waals surface area (Å²) in [7, 11) is -3.69. The number of nitrogens with two attached hydrogens (primary N) is 2. The lowest BCUT2D eigenvalue weighted by Crippen LogP contribution is -2.23. The molecule has 0 aliphatic heterocycles. The summed E-state index contributed by atoms with van der Waals surface area (Å²) in [5, 5.41) is 8.39. The van der Waals surface area contributed by atoms with Crippen molar-refractivity contribution in [2.45, 2.75) is 37.5 Å². The van der Waals surface area contributed by atoms with Crippen molar-refractivity contribution in [1.82, 2.24) is 0 Å². The van der Waals surface area contributed by atoms with Crippen LogP contribution in [0.15, 0.2) is 23.1 Å². The molecule has 0 atom stereocenters. The van der Waals surface area contributed by atoms with Crippen molar-refractivity contribution in [3.63, 3.8) is 0 Å². The highest BCUT2D eigenvalue weighted by molar-refractivity contribution is 7.89. The van der Waals surface area contributed by atoms with Gasteiger partial charge in [-0.25, -0.2) is 13.6 Å². The molecule has 5 N–H and O–H groups in total. The minimum atomic E-state index is -3.69. The van der Waals surface area contributed by atoms with E-state index in [-0.39, 0.29) is 10.3 Å². The molecule has 5 nitrogen and oxygen atoms in total. The van der Waals surface area contributed by atoms with Crippen LogP contribution in [0.2, 0.25) is 0 Å². The van der Waals surface area contributed by atoms with E-state index in [1.165, 1.54) is 37.8 Å². The van der Waals surface area contributed by atoms with Gasteiger partial charge in [0.2, 0.25) is 10.0 Å². The molecule has 19 heavy (non-hydrogen) atoms. The second kappa shape index (κ2) is 5.02. The van der Waals surface area contributed by atoms with Gasteiger partial charge in [0.25, 0.3) is 0 Å². The summed E-state index contributed by atoms with van der Waals surface area (Å²) in [6, 6.07) is 4.50. The highest BCUT2D eigenvalue weighted by Crippen LogP contribution is 2.38. The molecule has 0 spiro atoms. The van der Waals surface area contributed by atoms with Crippen molar-refractivity contribution in [1.29, 1.82) is 0 Å². The van der Waals surface area contributed by atoms with Crippen LogP contribution in [0.4, 0.5) is 11.4 Å². The molecule has 1 fully saturated rings. The first-order valence-corrected chi connectivity index (χ1v) is 8.01. The number of benzene rings is 1. The van der Waals surface area contributed by atoms with Gasteiger partial charge in [-0.15, -0.1) is 0 Å². The average Bonchev–Trinajstić information content (AvgIpc) is 2.74. The van der Waals surface area contributed by atoms with Gasteiger partial charge < -0.3 is 11.1 Å². The zero-order valence-corrected chi connectivity index (χ0v) is 12.0. The molecule has 0 bridgehead atoms. The first-order chi connectivity index (χ1) is 8.80. The maximum atomic E-state index is 11.3.